The average molecular weight is 256 g/mol. The summed E-state index contributed by atoms with van der Waals surface area (Å²) < 4.78 is 0. The summed E-state index contributed by atoms with van der Waals surface area (Å²) in [4.78, 5) is 4.73. The second-order valence-electron chi connectivity index (χ2n) is 6.70. The molecule has 3 aliphatic carbocycles. The van der Waals surface area contributed by atoms with Gasteiger partial charge in [-0.3, -0.25) is 4.98 Å². The van der Waals surface area contributed by atoms with Crippen molar-refractivity contribution in [1.29, 1.82) is 0 Å². The van der Waals surface area contributed by atoms with Crippen molar-refractivity contribution in [1.82, 2.24) is 10.3 Å². The molecule has 1 aromatic rings. The van der Waals surface area contributed by atoms with E-state index in [4.69, 9.17) is 4.98 Å². The first-order valence-electron chi connectivity index (χ1n) is 8.01. The van der Waals surface area contributed by atoms with Crippen molar-refractivity contribution in [3.8, 4) is 0 Å². The molecular formula is C17H24N2. The Labute approximate surface area is 116 Å². The van der Waals surface area contributed by atoms with Crippen molar-refractivity contribution in [3.63, 3.8) is 0 Å². The van der Waals surface area contributed by atoms with Gasteiger partial charge in [0, 0.05) is 23.9 Å². The summed E-state index contributed by atoms with van der Waals surface area (Å²) >= 11 is 0. The van der Waals surface area contributed by atoms with Gasteiger partial charge in [0.15, 0.2) is 0 Å². The molecule has 0 aliphatic heterocycles. The first-order valence-corrected chi connectivity index (χ1v) is 8.01. The van der Waals surface area contributed by atoms with Gasteiger partial charge in [0.1, 0.15) is 0 Å². The number of hydrogen-bond acceptors (Lipinski definition) is 2. The van der Waals surface area contributed by atoms with Crippen molar-refractivity contribution < 1.29 is 0 Å². The minimum absolute atomic E-state index is 0.658. The molecule has 0 bridgehead atoms. The lowest BCUT2D eigenvalue weighted by molar-refractivity contribution is 0.337. The molecule has 4 unspecified atom stereocenters. The highest BCUT2D eigenvalue weighted by Gasteiger charge is 2.57. The fourth-order valence-electron chi connectivity index (χ4n) is 5.07. The van der Waals surface area contributed by atoms with Gasteiger partial charge < -0.3 is 5.32 Å². The molecule has 0 radical (unpaired) electrons. The number of nitrogens with zero attached hydrogens (tertiary/aromatic N) is 1. The van der Waals surface area contributed by atoms with Crippen LogP contribution in [-0.2, 0) is 6.42 Å². The Kier molecular flexibility index (Phi) is 2.87. The Morgan fingerprint density at radius 1 is 1.21 bits per heavy atom. The van der Waals surface area contributed by atoms with E-state index in [1.54, 1.807) is 0 Å². The second-order valence-corrected chi connectivity index (χ2v) is 6.70. The number of aryl methyl sites for hydroxylation is 1. The fraction of sp³-hybridized carbons (Fsp3) is 0.706. The highest BCUT2D eigenvalue weighted by atomic mass is 14.9. The van der Waals surface area contributed by atoms with Crippen LogP contribution in [0, 0.1) is 17.8 Å². The molecule has 1 aromatic heterocycles. The molecule has 4 atom stereocenters. The maximum atomic E-state index is 4.73. The Hall–Kier alpha value is -0.890. The van der Waals surface area contributed by atoms with Crippen LogP contribution in [0.3, 0.4) is 0 Å². The van der Waals surface area contributed by atoms with Crippen molar-refractivity contribution in [2.24, 2.45) is 17.8 Å². The molecule has 2 fully saturated rings. The number of nitrogens with one attached hydrogen (secondary N) is 1. The Balaban J connectivity index is 1.61. The lowest BCUT2D eigenvalue weighted by atomic mass is 9.79. The van der Waals surface area contributed by atoms with Gasteiger partial charge in [-0.25, -0.2) is 0 Å². The molecule has 2 saturated carbocycles. The van der Waals surface area contributed by atoms with Crippen molar-refractivity contribution >= 4 is 0 Å². The number of fused-ring (bicyclic) bond motifs is 2. The van der Waals surface area contributed by atoms with Gasteiger partial charge in [0.2, 0.25) is 0 Å². The predicted octanol–water partition coefficient (Wildman–Crippen LogP) is 3.14. The van der Waals surface area contributed by atoms with Crippen LogP contribution in [0.5, 0.6) is 0 Å². The smallest absolute Gasteiger partial charge is 0.0482 e. The summed E-state index contributed by atoms with van der Waals surface area (Å²) in [6, 6.07) is 5.06. The van der Waals surface area contributed by atoms with Crippen LogP contribution in [0.25, 0.3) is 0 Å². The van der Waals surface area contributed by atoms with E-state index in [9.17, 15) is 0 Å². The molecule has 19 heavy (non-hydrogen) atoms. The number of rotatable bonds is 3. The number of pyridine rings is 1. The minimum atomic E-state index is 0.658. The standard InChI is InChI=1S/C17H24N2/c1-18-17(15-12-7-3-8-13(12)15)14-9-2-5-11-6-4-10-19-16(11)14/h4,6,10,12-15,17-18H,2-3,5,7-9H2,1H3. The molecular weight excluding hydrogens is 232 g/mol. The van der Waals surface area contributed by atoms with Gasteiger partial charge in [-0.2, -0.15) is 0 Å². The lowest BCUT2D eigenvalue weighted by Crippen LogP contribution is -2.37. The number of hydrogen-bond donors (Lipinski definition) is 1. The maximum absolute atomic E-state index is 4.73. The summed E-state index contributed by atoms with van der Waals surface area (Å²) in [5, 5.41) is 3.66. The zero-order valence-corrected chi connectivity index (χ0v) is 11.8. The van der Waals surface area contributed by atoms with E-state index in [1.165, 1.54) is 49.8 Å². The largest absolute Gasteiger partial charge is 0.316 e. The van der Waals surface area contributed by atoms with Crippen molar-refractivity contribution in [3.05, 3.63) is 29.6 Å². The van der Waals surface area contributed by atoms with Crippen LogP contribution in [0.15, 0.2) is 18.3 Å². The topological polar surface area (TPSA) is 24.9 Å². The van der Waals surface area contributed by atoms with Gasteiger partial charge in [0.25, 0.3) is 0 Å². The zero-order valence-electron chi connectivity index (χ0n) is 11.8. The molecule has 4 rings (SSSR count). The average Bonchev–Trinajstić information content (AvgIpc) is 2.93. The highest BCUT2D eigenvalue weighted by molar-refractivity contribution is 5.28. The number of aromatic nitrogens is 1. The molecule has 0 spiro atoms. The van der Waals surface area contributed by atoms with E-state index in [0.717, 1.165) is 17.8 Å². The first-order chi connectivity index (χ1) is 9.40. The minimum Gasteiger partial charge on any atom is -0.316 e. The summed E-state index contributed by atoms with van der Waals surface area (Å²) in [6.07, 6.45) is 10.3. The third-order valence-electron chi connectivity index (χ3n) is 5.89. The quantitative estimate of drug-likeness (QED) is 0.898. The van der Waals surface area contributed by atoms with E-state index < -0.39 is 0 Å². The summed E-state index contributed by atoms with van der Waals surface area (Å²) in [6.45, 7) is 0. The van der Waals surface area contributed by atoms with Crippen LogP contribution in [0.1, 0.15) is 49.3 Å². The van der Waals surface area contributed by atoms with Crippen LogP contribution in [-0.4, -0.2) is 18.1 Å². The van der Waals surface area contributed by atoms with E-state index in [1.807, 2.05) is 6.20 Å². The van der Waals surface area contributed by atoms with E-state index in [0.29, 0.717) is 12.0 Å². The Morgan fingerprint density at radius 2 is 2.05 bits per heavy atom. The summed E-state index contributed by atoms with van der Waals surface area (Å²) in [5.41, 5.74) is 2.91. The van der Waals surface area contributed by atoms with Crippen LogP contribution in [0.2, 0.25) is 0 Å². The van der Waals surface area contributed by atoms with E-state index in [2.05, 4.69) is 24.5 Å². The molecule has 3 aliphatic rings. The molecule has 0 amide bonds. The third kappa shape index (κ3) is 1.84. The first kappa shape index (κ1) is 11.9. The molecule has 2 heteroatoms. The monoisotopic (exact) mass is 256 g/mol. The van der Waals surface area contributed by atoms with Gasteiger partial charge in [-0.05, 0) is 68.5 Å². The Morgan fingerprint density at radius 3 is 2.84 bits per heavy atom. The highest BCUT2D eigenvalue weighted by Crippen LogP contribution is 2.61. The predicted molar refractivity (Wildman–Crippen MR) is 77.1 cm³/mol. The number of likely N-dealkylation sites (N-methyl/N-ethyl adjacent to an activating group) is 1. The lowest BCUT2D eigenvalue weighted by Gasteiger charge is -2.32. The van der Waals surface area contributed by atoms with Crippen molar-refractivity contribution in [2.75, 3.05) is 7.05 Å². The maximum Gasteiger partial charge on any atom is 0.0482 e. The Bertz CT molecular complexity index is 460. The van der Waals surface area contributed by atoms with Gasteiger partial charge in [-0.15, -0.1) is 0 Å². The molecule has 1 heterocycles. The SMILES string of the molecule is CNC(C1CCCc2cccnc21)C1C2CCCC21. The normalized spacial score (nSPS) is 37.5. The van der Waals surface area contributed by atoms with Gasteiger partial charge in [-0.1, -0.05) is 12.5 Å². The molecule has 2 nitrogen and oxygen atoms in total. The summed E-state index contributed by atoms with van der Waals surface area (Å²) in [5.74, 6) is 3.67. The van der Waals surface area contributed by atoms with E-state index in [-0.39, 0.29) is 0 Å². The van der Waals surface area contributed by atoms with Gasteiger partial charge >= 0.3 is 0 Å². The van der Waals surface area contributed by atoms with Crippen LogP contribution < -0.4 is 5.32 Å². The zero-order chi connectivity index (χ0) is 12.8. The van der Waals surface area contributed by atoms with E-state index >= 15 is 0 Å². The summed E-state index contributed by atoms with van der Waals surface area (Å²) in [7, 11) is 2.16. The fourth-order valence-corrected chi connectivity index (χ4v) is 5.07. The van der Waals surface area contributed by atoms with Crippen molar-refractivity contribution in [2.45, 2.75) is 50.5 Å². The van der Waals surface area contributed by atoms with Crippen LogP contribution in [0.4, 0.5) is 0 Å². The van der Waals surface area contributed by atoms with Crippen LogP contribution >= 0.6 is 0 Å². The second kappa shape index (κ2) is 4.59. The molecule has 102 valence electrons. The molecule has 0 aromatic carbocycles. The third-order valence-corrected chi connectivity index (χ3v) is 5.89. The van der Waals surface area contributed by atoms with Gasteiger partial charge in [0.05, 0.1) is 0 Å². The molecule has 1 N–H and O–H groups in total. The molecule has 0 saturated heterocycles.